The number of likely N-dealkylation sites (tertiary alicyclic amines) is 1. The summed E-state index contributed by atoms with van der Waals surface area (Å²) < 4.78 is 23.9. The van der Waals surface area contributed by atoms with Crippen molar-refractivity contribution in [1.29, 1.82) is 0 Å². The Morgan fingerprint density at radius 2 is 1.67 bits per heavy atom. The lowest BCUT2D eigenvalue weighted by atomic mass is 9.91. The Balaban J connectivity index is 1.26. The molecule has 3 fully saturated rings. The SMILES string of the molecule is CCOc1ccc(N(Cc2ccnc(-c3cc(OC)c(OC)c(C4CC4)c3)c2)C2CCN(C(OC(C)(C)C)=C3CCC3)CC2)cc1. The van der Waals surface area contributed by atoms with Crippen LogP contribution in [0, 0.1) is 0 Å². The van der Waals surface area contributed by atoms with Crippen LogP contribution in [0.2, 0.25) is 0 Å². The van der Waals surface area contributed by atoms with E-state index in [0.29, 0.717) is 18.6 Å². The molecule has 0 spiro atoms. The van der Waals surface area contributed by atoms with Crippen LogP contribution in [0.1, 0.15) is 89.7 Å². The van der Waals surface area contributed by atoms with Crippen LogP contribution in [-0.2, 0) is 11.3 Å². The standard InChI is InChI=1S/C39H51N3O4/c1-7-45-33-15-13-31(14-16-33)42(32-18-21-41(22-19-32)38(29-9-8-10-29)46-39(2,3)4)26-27-17-20-40-35(23-27)30-24-34(28-11-12-28)37(44-6)36(25-30)43-5/h13-17,20,23-25,28,32H,7-12,18-19,21-22,26H2,1-6H3. The lowest BCUT2D eigenvalue weighted by molar-refractivity contribution is -0.00922. The van der Waals surface area contributed by atoms with Crippen LogP contribution < -0.4 is 19.1 Å². The summed E-state index contributed by atoms with van der Waals surface area (Å²) in [7, 11) is 3.44. The van der Waals surface area contributed by atoms with E-state index in [0.717, 1.165) is 79.7 Å². The Morgan fingerprint density at radius 3 is 2.26 bits per heavy atom. The van der Waals surface area contributed by atoms with E-state index in [-0.39, 0.29) is 5.60 Å². The van der Waals surface area contributed by atoms with E-state index >= 15 is 0 Å². The lowest BCUT2D eigenvalue weighted by Crippen LogP contribution is -2.46. The molecule has 7 heteroatoms. The number of nitrogens with zero attached hydrogens (tertiary/aromatic N) is 3. The number of rotatable bonds is 12. The van der Waals surface area contributed by atoms with Gasteiger partial charge >= 0.3 is 0 Å². The summed E-state index contributed by atoms with van der Waals surface area (Å²) in [5, 5.41) is 0. The van der Waals surface area contributed by atoms with Crippen LogP contribution >= 0.6 is 0 Å². The minimum Gasteiger partial charge on any atom is -0.494 e. The number of aromatic nitrogens is 1. The maximum absolute atomic E-state index is 6.56. The van der Waals surface area contributed by atoms with Gasteiger partial charge in [-0.15, -0.1) is 0 Å². The van der Waals surface area contributed by atoms with Crippen molar-refractivity contribution in [3.63, 3.8) is 0 Å². The summed E-state index contributed by atoms with van der Waals surface area (Å²) in [6.45, 7) is 11.9. The zero-order chi connectivity index (χ0) is 32.3. The van der Waals surface area contributed by atoms with Crippen LogP contribution in [-0.4, -0.2) is 55.4 Å². The van der Waals surface area contributed by atoms with Crippen molar-refractivity contribution in [3.8, 4) is 28.5 Å². The van der Waals surface area contributed by atoms with Gasteiger partial charge in [0.25, 0.3) is 0 Å². The monoisotopic (exact) mass is 625 g/mol. The number of piperidine rings is 1. The molecular weight excluding hydrogens is 574 g/mol. The summed E-state index contributed by atoms with van der Waals surface area (Å²) in [6.07, 6.45) is 10.0. The molecule has 2 aliphatic carbocycles. The highest BCUT2D eigenvalue weighted by atomic mass is 16.5. The fourth-order valence-electron chi connectivity index (χ4n) is 6.70. The molecule has 3 aliphatic rings. The van der Waals surface area contributed by atoms with E-state index in [1.165, 1.54) is 41.6 Å². The molecule has 0 radical (unpaired) electrons. The molecule has 1 saturated heterocycles. The van der Waals surface area contributed by atoms with Crippen molar-refractivity contribution >= 4 is 5.69 Å². The molecule has 0 atom stereocenters. The molecule has 3 aromatic rings. The summed E-state index contributed by atoms with van der Waals surface area (Å²) >= 11 is 0. The molecule has 6 rings (SSSR count). The average molecular weight is 626 g/mol. The third kappa shape index (κ3) is 7.40. The first-order valence-electron chi connectivity index (χ1n) is 17.1. The molecule has 0 amide bonds. The first kappa shape index (κ1) is 32.1. The smallest absolute Gasteiger partial charge is 0.188 e. The van der Waals surface area contributed by atoms with Gasteiger partial charge in [0.1, 0.15) is 11.4 Å². The Hall–Kier alpha value is -3.87. The predicted octanol–water partition coefficient (Wildman–Crippen LogP) is 8.72. The van der Waals surface area contributed by atoms with E-state index in [2.05, 4.69) is 79.1 Å². The van der Waals surface area contributed by atoms with Gasteiger partial charge in [-0.25, -0.2) is 0 Å². The topological polar surface area (TPSA) is 56.3 Å². The van der Waals surface area contributed by atoms with Gasteiger partial charge in [-0.05, 0) is 138 Å². The van der Waals surface area contributed by atoms with Crippen molar-refractivity contribution in [2.75, 3.05) is 38.8 Å². The van der Waals surface area contributed by atoms with E-state index in [1.807, 2.05) is 13.1 Å². The zero-order valence-corrected chi connectivity index (χ0v) is 28.6. The van der Waals surface area contributed by atoms with Crippen LogP contribution in [0.5, 0.6) is 17.2 Å². The fraction of sp³-hybridized carbons (Fsp3) is 0.513. The second-order valence-corrected chi connectivity index (χ2v) is 13.9. The molecule has 2 heterocycles. The number of allylic oxidation sites excluding steroid dienone is 1. The second-order valence-electron chi connectivity index (χ2n) is 13.9. The second kappa shape index (κ2) is 13.9. The Bertz CT molecular complexity index is 1510. The number of pyridine rings is 1. The zero-order valence-electron chi connectivity index (χ0n) is 28.6. The van der Waals surface area contributed by atoms with Gasteiger partial charge in [0, 0.05) is 48.7 Å². The third-order valence-corrected chi connectivity index (χ3v) is 9.33. The predicted molar refractivity (Wildman–Crippen MR) is 185 cm³/mol. The van der Waals surface area contributed by atoms with E-state index in [1.54, 1.807) is 14.2 Å². The average Bonchev–Trinajstić information content (AvgIpc) is 3.88. The van der Waals surface area contributed by atoms with Gasteiger partial charge in [0.2, 0.25) is 0 Å². The Morgan fingerprint density at radius 1 is 0.935 bits per heavy atom. The highest BCUT2D eigenvalue weighted by molar-refractivity contribution is 5.68. The molecule has 7 nitrogen and oxygen atoms in total. The molecule has 46 heavy (non-hydrogen) atoms. The summed E-state index contributed by atoms with van der Waals surface area (Å²) in [5.74, 6) is 4.19. The lowest BCUT2D eigenvalue weighted by Gasteiger charge is -2.43. The van der Waals surface area contributed by atoms with Gasteiger partial charge in [0.15, 0.2) is 17.4 Å². The minimum absolute atomic E-state index is 0.199. The van der Waals surface area contributed by atoms with Crippen molar-refractivity contribution < 1.29 is 18.9 Å². The Labute approximate surface area is 275 Å². The number of benzene rings is 2. The summed E-state index contributed by atoms with van der Waals surface area (Å²) in [5.41, 5.74) is 6.98. The minimum atomic E-state index is -0.199. The number of anilines is 1. The molecule has 1 aromatic heterocycles. The quantitative estimate of drug-likeness (QED) is 0.187. The molecule has 2 aromatic carbocycles. The van der Waals surface area contributed by atoms with Crippen molar-refractivity contribution in [1.82, 2.24) is 9.88 Å². The van der Waals surface area contributed by atoms with Crippen molar-refractivity contribution in [2.45, 2.75) is 96.7 Å². The number of hydrogen-bond donors (Lipinski definition) is 0. The first-order chi connectivity index (χ1) is 22.3. The van der Waals surface area contributed by atoms with E-state index < -0.39 is 0 Å². The van der Waals surface area contributed by atoms with Crippen LogP contribution in [0.15, 0.2) is 66.2 Å². The van der Waals surface area contributed by atoms with E-state index in [4.69, 9.17) is 23.9 Å². The molecule has 246 valence electrons. The van der Waals surface area contributed by atoms with E-state index in [9.17, 15) is 0 Å². The highest BCUT2D eigenvalue weighted by Gasteiger charge is 2.32. The number of methoxy groups -OCH3 is 2. The molecule has 0 N–H and O–H groups in total. The van der Waals surface area contributed by atoms with Gasteiger partial charge < -0.3 is 28.7 Å². The maximum Gasteiger partial charge on any atom is 0.188 e. The third-order valence-electron chi connectivity index (χ3n) is 9.33. The van der Waals surface area contributed by atoms with Crippen molar-refractivity contribution in [2.24, 2.45) is 0 Å². The molecule has 2 saturated carbocycles. The molecular formula is C39H51N3O4. The molecule has 0 unspecified atom stereocenters. The fourth-order valence-corrected chi connectivity index (χ4v) is 6.70. The normalized spacial score (nSPS) is 16.9. The van der Waals surface area contributed by atoms with Gasteiger partial charge in [0.05, 0.1) is 26.5 Å². The number of hydrogen-bond acceptors (Lipinski definition) is 7. The largest absolute Gasteiger partial charge is 0.494 e. The van der Waals surface area contributed by atoms with Crippen LogP contribution in [0.25, 0.3) is 11.3 Å². The Kier molecular flexibility index (Phi) is 9.67. The van der Waals surface area contributed by atoms with Gasteiger partial charge in [-0.2, -0.15) is 0 Å². The first-order valence-corrected chi connectivity index (χ1v) is 17.1. The van der Waals surface area contributed by atoms with Gasteiger partial charge in [-0.3, -0.25) is 4.98 Å². The van der Waals surface area contributed by atoms with Crippen LogP contribution in [0.4, 0.5) is 5.69 Å². The van der Waals surface area contributed by atoms with Gasteiger partial charge in [-0.1, -0.05) is 0 Å². The summed E-state index contributed by atoms with van der Waals surface area (Å²) in [6, 6.07) is 17.7. The highest BCUT2D eigenvalue weighted by Crippen LogP contribution is 2.49. The van der Waals surface area contributed by atoms with Crippen molar-refractivity contribution in [3.05, 3.63) is 77.3 Å². The molecule has 1 aliphatic heterocycles. The van der Waals surface area contributed by atoms with Crippen LogP contribution in [0.3, 0.4) is 0 Å². The summed E-state index contributed by atoms with van der Waals surface area (Å²) in [4.78, 5) is 9.90. The maximum atomic E-state index is 6.56. The molecule has 0 bridgehead atoms. The number of ether oxygens (including phenoxy) is 4.